The van der Waals surface area contributed by atoms with Gasteiger partial charge in [0.15, 0.2) is 0 Å². The minimum atomic E-state index is -0.113. The predicted octanol–water partition coefficient (Wildman–Crippen LogP) is 1.04. The molecule has 0 spiro atoms. The molecule has 94 valence electrons. The van der Waals surface area contributed by atoms with Crippen LogP contribution in [-0.2, 0) is 9.53 Å². The topological polar surface area (TPSA) is 64.4 Å². The summed E-state index contributed by atoms with van der Waals surface area (Å²) < 4.78 is 5.71. The maximum Gasteiger partial charge on any atom is 0.224 e. The zero-order chi connectivity index (χ0) is 12.1. The molecule has 1 fully saturated rings. The van der Waals surface area contributed by atoms with Crippen LogP contribution in [0.1, 0.15) is 40.0 Å². The van der Waals surface area contributed by atoms with E-state index in [9.17, 15) is 4.79 Å². The normalized spacial score (nSPS) is 27.1. The Kier molecular flexibility index (Phi) is 5.22. The van der Waals surface area contributed by atoms with Crippen LogP contribution in [0.3, 0.4) is 0 Å². The van der Waals surface area contributed by atoms with E-state index in [2.05, 4.69) is 12.2 Å². The quantitative estimate of drug-likeness (QED) is 0.739. The Morgan fingerprint density at radius 3 is 2.62 bits per heavy atom. The van der Waals surface area contributed by atoms with Crippen molar-refractivity contribution in [3.63, 3.8) is 0 Å². The van der Waals surface area contributed by atoms with E-state index in [0.29, 0.717) is 12.6 Å². The van der Waals surface area contributed by atoms with Gasteiger partial charge in [-0.2, -0.15) is 0 Å². The molecule has 0 bridgehead atoms. The van der Waals surface area contributed by atoms with Crippen LogP contribution < -0.4 is 11.1 Å². The summed E-state index contributed by atoms with van der Waals surface area (Å²) in [5.74, 6) is -0.0571. The van der Waals surface area contributed by atoms with E-state index >= 15 is 0 Å². The van der Waals surface area contributed by atoms with E-state index in [1.54, 1.807) is 0 Å². The van der Waals surface area contributed by atoms with E-state index in [4.69, 9.17) is 10.5 Å². The van der Waals surface area contributed by atoms with Crippen molar-refractivity contribution in [2.75, 3.05) is 6.54 Å². The number of nitrogens with two attached hydrogens (primary N) is 1. The van der Waals surface area contributed by atoms with Crippen LogP contribution >= 0.6 is 0 Å². The van der Waals surface area contributed by atoms with Gasteiger partial charge in [-0.15, -0.1) is 0 Å². The van der Waals surface area contributed by atoms with Gasteiger partial charge < -0.3 is 15.8 Å². The molecule has 1 aliphatic heterocycles. The lowest BCUT2D eigenvalue weighted by Crippen LogP contribution is -2.40. The van der Waals surface area contributed by atoms with Crippen molar-refractivity contribution in [2.24, 2.45) is 11.7 Å². The zero-order valence-corrected chi connectivity index (χ0v) is 10.5. The second-order valence-electron chi connectivity index (χ2n) is 4.98. The Hall–Kier alpha value is -0.610. The number of amides is 1. The maximum atomic E-state index is 11.8. The highest BCUT2D eigenvalue weighted by Gasteiger charge is 2.27. The lowest BCUT2D eigenvalue weighted by Gasteiger charge is -2.20. The Bertz CT molecular complexity index is 231. The van der Waals surface area contributed by atoms with E-state index < -0.39 is 0 Å². The van der Waals surface area contributed by atoms with Crippen LogP contribution in [0.5, 0.6) is 0 Å². The molecule has 0 radical (unpaired) electrons. The zero-order valence-electron chi connectivity index (χ0n) is 10.5. The minimum Gasteiger partial charge on any atom is -0.375 e. The van der Waals surface area contributed by atoms with Crippen molar-refractivity contribution >= 4 is 5.91 Å². The first kappa shape index (κ1) is 13.5. The molecule has 3 N–H and O–H groups in total. The summed E-state index contributed by atoms with van der Waals surface area (Å²) in [4.78, 5) is 11.8. The summed E-state index contributed by atoms with van der Waals surface area (Å²) >= 11 is 0. The number of rotatable bonds is 5. The summed E-state index contributed by atoms with van der Waals surface area (Å²) in [5, 5.41) is 2.90. The van der Waals surface area contributed by atoms with Gasteiger partial charge in [-0.25, -0.2) is 0 Å². The molecule has 0 aromatic rings. The molecule has 1 amide bonds. The molecule has 1 saturated heterocycles. The van der Waals surface area contributed by atoms with Crippen LogP contribution in [0.4, 0.5) is 0 Å². The Labute approximate surface area is 97.9 Å². The van der Waals surface area contributed by atoms with Crippen LogP contribution in [-0.4, -0.2) is 30.7 Å². The molecule has 1 aliphatic rings. The number of ether oxygens (including phenoxy) is 1. The van der Waals surface area contributed by atoms with Crippen molar-refractivity contribution < 1.29 is 9.53 Å². The minimum absolute atomic E-state index is 0.0562. The van der Waals surface area contributed by atoms with Crippen molar-refractivity contribution in [3.8, 4) is 0 Å². The summed E-state index contributed by atoms with van der Waals surface area (Å²) in [6.07, 6.45) is 3.43. The molecule has 0 aliphatic carbocycles. The van der Waals surface area contributed by atoms with Gasteiger partial charge in [-0.1, -0.05) is 0 Å². The Morgan fingerprint density at radius 1 is 1.50 bits per heavy atom. The fraction of sp³-hybridized carbons (Fsp3) is 0.917. The van der Waals surface area contributed by atoms with Gasteiger partial charge in [0.25, 0.3) is 0 Å². The van der Waals surface area contributed by atoms with Crippen LogP contribution in [0.15, 0.2) is 0 Å². The van der Waals surface area contributed by atoms with Gasteiger partial charge in [-0.3, -0.25) is 4.79 Å². The van der Waals surface area contributed by atoms with Gasteiger partial charge in [0.05, 0.1) is 18.1 Å². The highest BCUT2D eigenvalue weighted by molar-refractivity contribution is 5.79. The molecule has 0 aromatic heterocycles. The SMILES string of the molecule is CC(C)NC(=O)C(CN)CC1CCC(C)O1. The molecule has 4 nitrogen and oxygen atoms in total. The predicted molar refractivity (Wildman–Crippen MR) is 64.0 cm³/mol. The van der Waals surface area contributed by atoms with Crippen molar-refractivity contribution in [1.29, 1.82) is 0 Å². The monoisotopic (exact) mass is 228 g/mol. The van der Waals surface area contributed by atoms with Gasteiger partial charge in [0.1, 0.15) is 0 Å². The average molecular weight is 228 g/mol. The Morgan fingerprint density at radius 2 is 2.19 bits per heavy atom. The Balaban J connectivity index is 2.39. The number of hydrogen-bond acceptors (Lipinski definition) is 3. The van der Waals surface area contributed by atoms with Crippen molar-refractivity contribution in [3.05, 3.63) is 0 Å². The lowest BCUT2D eigenvalue weighted by molar-refractivity contribution is -0.126. The van der Waals surface area contributed by atoms with Crippen LogP contribution in [0.2, 0.25) is 0 Å². The third-order valence-electron chi connectivity index (χ3n) is 2.95. The van der Waals surface area contributed by atoms with Gasteiger partial charge >= 0.3 is 0 Å². The fourth-order valence-corrected chi connectivity index (χ4v) is 2.09. The highest BCUT2D eigenvalue weighted by atomic mass is 16.5. The molecule has 4 heteroatoms. The lowest BCUT2D eigenvalue weighted by atomic mass is 9.98. The van der Waals surface area contributed by atoms with Crippen LogP contribution in [0, 0.1) is 5.92 Å². The van der Waals surface area contributed by atoms with Crippen molar-refractivity contribution in [1.82, 2.24) is 5.32 Å². The van der Waals surface area contributed by atoms with E-state index in [1.165, 1.54) is 0 Å². The summed E-state index contributed by atoms with van der Waals surface area (Å²) in [6.45, 7) is 6.39. The average Bonchev–Trinajstić information content (AvgIpc) is 2.59. The van der Waals surface area contributed by atoms with Gasteiger partial charge in [-0.05, 0) is 40.0 Å². The first-order chi connectivity index (χ1) is 7.52. The van der Waals surface area contributed by atoms with Crippen molar-refractivity contribution in [2.45, 2.75) is 58.3 Å². The van der Waals surface area contributed by atoms with Gasteiger partial charge in [0.2, 0.25) is 5.91 Å². The first-order valence-corrected chi connectivity index (χ1v) is 6.18. The third-order valence-corrected chi connectivity index (χ3v) is 2.95. The molecule has 3 unspecified atom stereocenters. The maximum absolute atomic E-state index is 11.8. The fourth-order valence-electron chi connectivity index (χ4n) is 2.09. The molecule has 0 saturated carbocycles. The summed E-state index contributed by atoms with van der Waals surface area (Å²) in [6, 6.07) is 0.171. The molecule has 1 rings (SSSR count). The highest BCUT2D eigenvalue weighted by Crippen LogP contribution is 2.24. The second-order valence-corrected chi connectivity index (χ2v) is 4.98. The first-order valence-electron chi connectivity index (χ1n) is 6.18. The number of carbonyl (C=O) groups excluding carboxylic acids is 1. The third kappa shape index (κ3) is 4.10. The molecule has 16 heavy (non-hydrogen) atoms. The number of nitrogens with one attached hydrogen (secondary N) is 1. The number of hydrogen-bond donors (Lipinski definition) is 2. The summed E-state index contributed by atoms with van der Waals surface area (Å²) in [7, 11) is 0. The molecule has 3 atom stereocenters. The van der Waals surface area contributed by atoms with E-state index in [0.717, 1.165) is 19.3 Å². The summed E-state index contributed by atoms with van der Waals surface area (Å²) in [5.41, 5.74) is 5.65. The standard InChI is InChI=1S/C12H24N2O2/c1-8(2)14-12(15)10(7-13)6-11-5-4-9(3)16-11/h8-11H,4-7,13H2,1-3H3,(H,14,15). The molecular formula is C12H24N2O2. The second kappa shape index (κ2) is 6.21. The smallest absolute Gasteiger partial charge is 0.224 e. The molecular weight excluding hydrogens is 204 g/mol. The van der Waals surface area contributed by atoms with E-state index in [-0.39, 0.29) is 24.0 Å². The van der Waals surface area contributed by atoms with E-state index in [1.807, 2.05) is 13.8 Å². The largest absolute Gasteiger partial charge is 0.375 e. The molecule has 1 heterocycles. The molecule has 0 aromatic carbocycles. The van der Waals surface area contributed by atoms with Crippen LogP contribution in [0.25, 0.3) is 0 Å². The van der Waals surface area contributed by atoms with Gasteiger partial charge in [0, 0.05) is 12.6 Å². The number of carbonyl (C=O) groups is 1.